The number of pyridine rings is 1. The average Bonchev–Trinajstić information content (AvgIpc) is 2.46. The molecular weight excluding hydrogens is 276 g/mol. The van der Waals surface area contributed by atoms with Gasteiger partial charge >= 0.3 is 0 Å². The molecule has 0 amide bonds. The number of hydrogen-bond acceptors (Lipinski definition) is 3. The Hall–Kier alpha value is -1.92. The molecule has 1 heterocycles. The van der Waals surface area contributed by atoms with Crippen molar-refractivity contribution in [1.82, 2.24) is 9.29 Å². The van der Waals surface area contributed by atoms with E-state index in [0.29, 0.717) is 13.0 Å². The first-order chi connectivity index (χ1) is 9.51. The molecule has 0 fully saturated rings. The summed E-state index contributed by atoms with van der Waals surface area (Å²) in [6.45, 7) is 0.320. The molecule has 0 unspecified atom stereocenters. The minimum absolute atomic E-state index is 0.226. The van der Waals surface area contributed by atoms with E-state index in [1.807, 2.05) is 30.3 Å². The van der Waals surface area contributed by atoms with Crippen LogP contribution in [0.15, 0.2) is 58.5 Å². The van der Waals surface area contributed by atoms with Crippen molar-refractivity contribution in [2.24, 2.45) is 0 Å². The van der Waals surface area contributed by atoms with Crippen molar-refractivity contribution in [3.63, 3.8) is 0 Å². The lowest BCUT2D eigenvalue weighted by Gasteiger charge is -2.16. The predicted molar refractivity (Wildman–Crippen MR) is 77.0 cm³/mol. The molecule has 5 nitrogen and oxygen atoms in total. The summed E-state index contributed by atoms with van der Waals surface area (Å²) in [5, 5.41) is 0. The third-order valence-electron chi connectivity index (χ3n) is 3.03. The van der Waals surface area contributed by atoms with Crippen LogP contribution in [-0.2, 0) is 16.4 Å². The van der Waals surface area contributed by atoms with E-state index >= 15 is 0 Å². The molecule has 20 heavy (non-hydrogen) atoms. The Kier molecular flexibility index (Phi) is 4.36. The smallest absolute Gasteiger partial charge is 0.248 e. The second-order valence-electron chi connectivity index (χ2n) is 4.44. The Morgan fingerprint density at radius 3 is 2.50 bits per heavy atom. The molecule has 1 aromatic carbocycles. The summed E-state index contributed by atoms with van der Waals surface area (Å²) in [4.78, 5) is 14.0. The van der Waals surface area contributed by atoms with Crippen LogP contribution in [0.5, 0.6) is 0 Å². The van der Waals surface area contributed by atoms with E-state index in [1.165, 1.54) is 29.8 Å². The van der Waals surface area contributed by atoms with Gasteiger partial charge in [-0.05, 0) is 12.0 Å². The molecule has 0 spiro atoms. The standard InChI is InChI=1S/C14H16N2O3S/c1-16(10-8-12-5-3-2-4-6-12)20(18,19)14-11-15-9-7-13(14)17/h2-7,9,11H,8,10H2,1H3,(H,15,17). The molecule has 0 aliphatic heterocycles. The maximum atomic E-state index is 12.3. The van der Waals surface area contributed by atoms with Crippen LogP contribution in [0, 0.1) is 0 Å². The molecule has 6 heteroatoms. The molecular formula is C14H16N2O3S. The molecule has 106 valence electrons. The van der Waals surface area contributed by atoms with E-state index in [2.05, 4.69) is 4.98 Å². The van der Waals surface area contributed by atoms with Gasteiger partial charge in [0.2, 0.25) is 15.5 Å². The second kappa shape index (κ2) is 6.02. The van der Waals surface area contributed by atoms with Crippen LogP contribution in [-0.4, -0.2) is 31.3 Å². The normalized spacial score (nSPS) is 11.7. The summed E-state index contributed by atoms with van der Waals surface area (Å²) in [5.74, 6) is 0. The molecule has 1 N–H and O–H groups in total. The number of aromatic amines is 1. The maximum absolute atomic E-state index is 12.3. The lowest BCUT2D eigenvalue weighted by atomic mass is 10.2. The predicted octanol–water partition coefficient (Wildman–Crippen LogP) is 1.24. The van der Waals surface area contributed by atoms with Gasteiger partial charge in [-0.15, -0.1) is 0 Å². The van der Waals surface area contributed by atoms with Crippen molar-refractivity contribution < 1.29 is 8.42 Å². The molecule has 0 radical (unpaired) electrons. The zero-order valence-electron chi connectivity index (χ0n) is 11.1. The van der Waals surface area contributed by atoms with Crippen molar-refractivity contribution in [1.29, 1.82) is 0 Å². The molecule has 0 aliphatic carbocycles. The minimum atomic E-state index is -3.75. The Balaban J connectivity index is 2.14. The summed E-state index contributed by atoms with van der Waals surface area (Å²) < 4.78 is 25.8. The van der Waals surface area contributed by atoms with Crippen LogP contribution in [0.1, 0.15) is 5.56 Å². The van der Waals surface area contributed by atoms with Gasteiger partial charge in [0.15, 0.2) is 0 Å². The molecule has 0 aliphatic rings. The van der Waals surface area contributed by atoms with E-state index in [1.54, 1.807) is 0 Å². The van der Waals surface area contributed by atoms with Gasteiger partial charge < -0.3 is 4.98 Å². The van der Waals surface area contributed by atoms with Crippen molar-refractivity contribution in [2.45, 2.75) is 11.3 Å². The largest absolute Gasteiger partial charge is 0.366 e. The Bertz CT molecular complexity index is 723. The van der Waals surface area contributed by atoms with Gasteiger partial charge in [0, 0.05) is 32.1 Å². The van der Waals surface area contributed by atoms with Crippen LogP contribution < -0.4 is 5.43 Å². The van der Waals surface area contributed by atoms with E-state index in [-0.39, 0.29) is 4.90 Å². The van der Waals surface area contributed by atoms with E-state index in [0.717, 1.165) is 5.56 Å². The third-order valence-corrected chi connectivity index (χ3v) is 4.91. The number of hydrogen-bond donors (Lipinski definition) is 1. The van der Waals surface area contributed by atoms with Crippen LogP contribution >= 0.6 is 0 Å². The Morgan fingerprint density at radius 1 is 1.15 bits per heavy atom. The first kappa shape index (κ1) is 14.5. The highest BCUT2D eigenvalue weighted by Gasteiger charge is 2.23. The summed E-state index contributed by atoms with van der Waals surface area (Å²) in [7, 11) is -2.27. The van der Waals surface area contributed by atoms with Crippen LogP contribution in [0.2, 0.25) is 0 Å². The highest BCUT2D eigenvalue weighted by molar-refractivity contribution is 7.89. The van der Waals surface area contributed by atoms with Crippen molar-refractivity contribution >= 4 is 10.0 Å². The second-order valence-corrected chi connectivity index (χ2v) is 6.45. The van der Waals surface area contributed by atoms with E-state index in [4.69, 9.17) is 0 Å². The number of likely N-dealkylation sites (N-methyl/N-ethyl adjacent to an activating group) is 1. The van der Waals surface area contributed by atoms with Crippen LogP contribution in [0.25, 0.3) is 0 Å². The van der Waals surface area contributed by atoms with E-state index < -0.39 is 15.5 Å². The highest BCUT2D eigenvalue weighted by Crippen LogP contribution is 2.10. The van der Waals surface area contributed by atoms with Gasteiger partial charge in [0.1, 0.15) is 4.90 Å². The third kappa shape index (κ3) is 3.15. The number of rotatable bonds is 5. The molecule has 0 saturated heterocycles. The summed E-state index contributed by atoms with van der Waals surface area (Å²) in [6.07, 6.45) is 3.23. The fourth-order valence-corrected chi connectivity index (χ4v) is 3.03. The Morgan fingerprint density at radius 2 is 1.85 bits per heavy atom. The first-order valence-electron chi connectivity index (χ1n) is 6.19. The average molecular weight is 292 g/mol. The molecule has 0 bridgehead atoms. The number of H-pyrrole nitrogens is 1. The number of nitrogens with one attached hydrogen (secondary N) is 1. The van der Waals surface area contributed by atoms with E-state index in [9.17, 15) is 13.2 Å². The fraction of sp³-hybridized carbons (Fsp3) is 0.214. The zero-order valence-corrected chi connectivity index (χ0v) is 11.9. The van der Waals surface area contributed by atoms with Gasteiger partial charge in [0.25, 0.3) is 0 Å². The number of benzene rings is 1. The lowest BCUT2D eigenvalue weighted by Crippen LogP contribution is -2.32. The quantitative estimate of drug-likeness (QED) is 0.901. The van der Waals surface area contributed by atoms with Crippen molar-refractivity contribution in [3.8, 4) is 0 Å². The number of sulfonamides is 1. The molecule has 2 aromatic rings. The van der Waals surface area contributed by atoms with Gasteiger partial charge in [-0.2, -0.15) is 0 Å². The SMILES string of the molecule is CN(CCc1ccccc1)S(=O)(=O)c1c[nH]ccc1=O. The van der Waals surface area contributed by atoms with Gasteiger partial charge in [0.05, 0.1) is 0 Å². The first-order valence-corrected chi connectivity index (χ1v) is 7.63. The van der Waals surface area contributed by atoms with Crippen LogP contribution in [0.4, 0.5) is 0 Å². The Labute approximate surface area is 117 Å². The summed E-state index contributed by atoms with van der Waals surface area (Å²) in [5.41, 5.74) is 0.548. The highest BCUT2D eigenvalue weighted by atomic mass is 32.2. The van der Waals surface area contributed by atoms with Crippen LogP contribution in [0.3, 0.4) is 0 Å². The topological polar surface area (TPSA) is 70.2 Å². The van der Waals surface area contributed by atoms with Gasteiger partial charge in [-0.3, -0.25) is 4.79 Å². The molecule has 0 saturated carbocycles. The number of aromatic nitrogens is 1. The molecule has 0 atom stereocenters. The van der Waals surface area contributed by atoms with Crippen molar-refractivity contribution in [3.05, 3.63) is 64.6 Å². The number of nitrogens with zero attached hydrogens (tertiary/aromatic N) is 1. The van der Waals surface area contributed by atoms with Crippen molar-refractivity contribution in [2.75, 3.05) is 13.6 Å². The summed E-state index contributed by atoms with van der Waals surface area (Å²) >= 11 is 0. The monoisotopic (exact) mass is 292 g/mol. The summed E-state index contributed by atoms with van der Waals surface area (Å²) in [6, 6.07) is 10.8. The minimum Gasteiger partial charge on any atom is -0.366 e. The molecule has 1 aromatic heterocycles. The van der Waals surface area contributed by atoms with Gasteiger partial charge in [-0.25, -0.2) is 12.7 Å². The van der Waals surface area contributed by atoms with Gasteiger partial charge in [-0.1, -0.05) is 30.3 Å². The maximum Gasteiger partial charge on any atom is 0.248 e. The lowest BCUT2D eigenvalue weighted by molar-refractivity contribution is 0.471. The zero-order chi connectivity index (χ0) is 14.6. The fourth-order valence-electron chi connectivity index (χ4n) is 1.82. The molecule has 2 rings (SSSR count).